The molecule has 33 heavy (non-hydrogen) atoms. The summed E-state index contributed by atoms with van der Waals surface area (Å²) < 4.78 is 49.9. The van der Waals surface area contributed by atoms with Gasteiger partial charge >= 0.3 is 0 Å². The summed E-state index contributed by atoms with van der Waals surface area (Å²) in [6.45, 7) is 0.737. The summed E-state index contributed by atoms with van der Waals surface area (Å²) in [6.07, 6.45) is 0. The fourth-order valence-corrected chi connectivity index (χ4v) is 4.35. The van der Waals surface area contributed by atoms with Crippen molar-refractivity contribution in [2.24, 2.45) is 0 Å². The fourth-order valence-electron chi connectivity index (χ4n) is 3.26. The Morgan fingerprint density at radius 2 is 1.64 bits per heavy atom. The summed E-state index contributed by atoms with van der Waals surface area (Å²) in [5.74, 6) is 1.28. The van der Waals surface area contributed by atoms with Crippen molar-refractivity contribution < 1.29 is 32.2 Å². The van der Waals surface area contributed by atoms with Crippen molar-refractivity contribution in [3.63, 3.8) is 0 Å². The Hall–Kier alpha value is -3.92. The van der Waals surface area contributed by atoms with Crippen molar-refractivity contribution in [3.8, 4) is 23.0 Å². The zero-order valence-electron chi connectivity index (χ0n) is 18.0. The lowest BCUT2D eigenvalue weighted by atomic mass is 10.1. The number of fused-ring (bicyclic) bond motifs is 1. The molecule has 10 heteroatoms. The summed E-state index contributed by atoms with van der Waals surface area (Å²) >= 11 is 0. The van der Waals surface area contributed by atoms with E-state index < -0.39 is 15.9 Å². The quantitative estimate of drug-likeness (QED) is 0.543. The molecule has 0 spiro atoms. The minimum atomic E-state index is -4.00. The second kappa shape index (κ2) is 9.29. The number of hydrogen-bond donors (Lipinski definition) is 2. The average molecular weight is 471 g/mol. The predicted molar refractivity (Wildman–Crippen MR) is 122 cm³/mol. The Labute approximate surface area is 191 Å². The van der Waals surface area contributed by atoms with E-state index in [1.807, 2.05) is 0 Å². The second-order valence-corrected chi connectivity index (χ2v) is 8.66. The maximum Gasteiger partial charge on any atom is 0.262 e. The summed E-state index contributed by atoms with van der Waals surface area (Å²) in [5, 5.41) is 2.75. The molecule has 1 aliphatic heterocycles. The lowest BCUT2D eigenvalue weighted by Gasteiger charge is -2.19. The first-order valence-electron chi connectivity index (χ1n) is 9.96. The van der Waals surface area contributed by atoms with Gasteiger partial charge in [-0.1, -0.05) is 12.1 Å². The van der Waals surface area contributed by atoms with E-state index in [-0.39, 0.29) is 16.1 Å². The molecule has 3 aromatic carbocycles. The van der Waals surface area contributed by atoms with Gasteiger partial charge in [-0.3, -0.25) is 9.52 Å². The molecule has 9 nitrogen and oxygen atoms in total. The number of methoxy groups -OCH3 is 2. The maximum atomic E-state index is 13.0. The molecule has 0 radical (unpaired) electrons. The topological polar surface area (TPSA) is 112 Å². The van der Waals surface area contributed by atoms with Crippen molar-refractivity contribution in [2.75, 3.05) is 37.5 Å². The van der Waals surface area contributed by atoms with Crippen molar-refractivity contribution in [1.29, 1.82) is 0 Å². The summed E-state index contributed by atoms with van der Waals surface area (Å²) in [4.78, 5) is 13.0. The molecule has 0 aliphatic carbocycles. The number of para-hydroxylation sites is 1. The van der Waals surface area contributed by atoms with Gasteiger partial charge in [0.15, 0.2) is 11.5 Å². The third-order valence-corrected chi connectivity index (χ3v) is 6.26. The van der Waals surface area contributed by atoms with Gasteiger partial charge < -0.3 is 24.3 Å². The molecule has 0 saturated carbocycles. The van der Waals surface area contributed by atoms with E-state index in [4.69, 9.17) is 18.9 Å². The van der Waals surface area contributed by atoms with Gasteiger partial charge in [0.05, 0.1) is 36.1 Å². The number of ether oxygens (including phenoxy) is 4. The van der Waals surface area contributed by atoms with E-state index in [9.17, 15) is 13.2 Å². The molecular formula is C23H22N2O7S. The number of carbonyl (C=O) groups excluding carboxylic acids is 1. The highest BCUT2D eigenvalue weighted by Crippen LogP contribution is 2.33. The zero-order chi connectivity index (χ0) is 23.4. The number of benzene rings is 3. The monoisotopic (exact) mass is 470 g/mol. The lowest BCUT2D eigenvalue weighted by Crippen LogP contribution is -2.20. The second-order valence-electron chi connectivity index (χ2n) is 6.98. The third-order valence-electron chi connectivity index (χ3n) is 4.90. The first kappa shape index (κ1) is 22.3. The van der Waals surface area contributed by atoms with Gasteiger partial charge in [0.1, 0.15) is 24.7 Å². The van der Waals surface area contributed by atoms with E-state index >= 15 is 0 Å². The Balaban J connectivity index is 1.59. The van der Waals surface area contributed by atoms with E-state index in [1.54, 1.807) is 30.3 Å². The van der Waals surface area contributed by atoms with Crippen molar-refractivity contribution in [2.45, 2.75) is 4.90 Å². The number of amides is 1. The van der Waals surface area contributed by atoms with Gasteiger partial charge in [0.25, 0.3) is 15.9 Å². The summed E-state index contributed by atoms with van der Waals surface area (Å²) in [6, 6.07) is 15.6. The molecule has 0 fully saturated rings. The predicted octanol–water partition coefficient (Wildman–Crippen LogP) is 3.53. The van der Waals surface area contributed by atoms with Crippen LogP contribution in [0.3, 0.4) is 0 Å². The van der Waals surface area contributed by atoms with Gasteiger partial charge in [-0.15, -0.1) is 0 Å². The average Bonchev–Trinajstić information content (AvgIpc) is 2.84. The van der Waals surface area contributed by atoms with Gasteiger partial charge in [0, 0.05) is 12.1 Å². The van der Waals surface area contributed by atoms with Gasteiger partial charge in [0.2, 0.25) is 0 Å². The van der Waals surface area contributed by atoms with E-state index in [1.165, 1.54) is 44.6 Å². The van der Waals surface area contributed by atoms with E-state index in [0.717, 1.165) is 0 Å². The number of nitrogens with one attached hydrogen (secondary N) is 2. The number of carbonyl (C=O) groups is 1. The van der Waals surface area contributed by atoms with E-state index in [2.05, 4.69) is 10.0 Å². The van der Waals surface area contributed by atoms with Gasteiger partial charge in [-0.25, -0.2) is 8.42 Å². The molecule has 1 amide bonds. The van der Waals surface area contributed by atoms with Crippen molar-refractivity contribution >= 4 is 27.3 Å². The molecule has 0 atom stereocenters. The van der Waals surface area contributed by atoms with Crippen LogP contribution < -0.4 is 29.0 Å². The number of hydrogen-bond acceptors (Lipinski definition) is 7. The minimum Gasteiger partial charge on any atom is -0.497 e. The first-order chi connectivity index (χ1) is 15.9. The standard InChI is InChI=1S/C23H22N2O7S/c1-29-15-7-9-19(21(13-15)30-2)24-23(26)17-5-3-4-6-18(17)25-33(27,28)16-8-10-20-22(14-16)32-12-11-31-20/h3-10,13-14,25H,11-12H2,1-2H3,(H,24,26). The molecule has 1 heterocycles. The SMILES string of the molecule is COc1ccc(NC(=O)c2ccccc2NS(=O)(=O)c2ccc3c(c2)OCCO3)c(OC)c1. The van der Waals surface area contributed by atoms with Crippen LogP contribution in [0.5, 0.6) is 23.0 Å². The summed E-state index contributed by atoms with van der Waals surface area (Å²) in [7, 11) is -1.01. The van der Waals surface area contributed by atoms with Gasteiger partial charge in [-0.05, 0) is 36.4 Å². The highest BCUT2D eigenvalue weighted by Gasteiger charge is 2.22. The van der Waals surface area contributed by atoms with Crippen LogP contribution >= 0.6 is 0 Å². The van der Waals surface area contributed by atoms with Crippen molar-refractivity contribution in [1.82, 2.24) is 0 Å². The molecule has 0 bridgehead atoms. The Kier molecular flexibility index (Phi) is 6.27. The van der Waals surface area contributed by atoms with Crippen LogP contribution in [0.2, 0.25) is 0 Å². The minimum absolute atomic E-state index is 0.0150. The number of sulfonamides is 1. The smallest absolute Gasteiger partial charge is 0.262 e. The molecule has 3 aromatic rings. The van der Waals surface area contributed by atoms with Crippen LogP contribution in [-0.2, 0) is 10.0 Å². The van der Waals surface area contributed by atoms with Crippen LogP contribution in [-0.4, -0.2) is 41.8 Å². The molecule has 1 aliphatic rings. The van der Waals surface area contributed by atoms with Crippen LogP contribution in [0.4, 0.5) is 11.4 Å². The normalized spacial score (nSPS) is 12.5. The fraction of sp³-hybridized carbons (Fsp3) is 0.174. The molecule has 172 valence electrons. The number of anilines is 2. The summed E-state index contributed by atoms with van der Waals surface area (Å²) in [5.41, 5.74) is 0.668. The van der Waals surface area contributed by atoms with Crippen LogP contribution in [0.15, 0.2) is 65.6 Å². The molecule has 0 aromatic heterocycles. The molecule has 0 saturated heterocycles. The highest BCUT2D eigenvalue weighted by molar-refractivity contribution is 7.92. The lowest BCUT2D eigenvalue weighted by molar-refractivity contribution is 0.102. The maximum absolute atomic E-state index is 13.0. The largest absolute Gasteiger partial charge is 0.497 e. The third kappa shape index (κ3) is 4.80. The first-order valence-corrected chi connectivity index (χ1v) is 11.4. The Morgan fingerprint density at radius 1 is 0.879 bits per heavy atom. The van der Waals surface area contributed by atoms with Crippen LogP contribution in [0.1, 0.15) is 10.4 Å². The molecule has 0 unspecified atom stereocenters. The molecular weight excluding hydrogens is 448 g/mol. The van der Waals surface area contributed by atoms with Crippen LogP contribution in [0, 0.1) is 0 Å². The highest BCUT2D eigenvalue weighted by atomic mass is 32.2. The van der Waals surface area contributed by atoms with Gasteiger partial charge in [-0.2, -0.15) is 0 Å². The van der Waals surface area contributed by atoms with Crippen LogP contribution in [0.25, 0.3) is 0 Å². The zero-order valence-corrected chi connectivity index (χ0v) is 18.8. The van der Waals surface area contributed by atoms with Crippen molar-refractivity contribution in [3.05, 3.63) is 66.2 Å². The Morgan fingerprint density at radius 3 is 2.39 bits per heavy atom. The molecule has 2 N–H and O–H groups in total. The Bertz CT molecular complexity index is 1290. The molecule has 4 rings (SSSR count). The van der Waals surface area contributed by atoms with E-state index in [0.29, 0.717) is 41.9 Å². The number of rotatable bonds is 7.